The molecule has 1 atom stereocenters. The topological polar surface area (TPSA) is 63.7 Å². The molecule has 1 unspecified atom stereocenters. The van der Waals surface area contributed by atoms with Crippen molar-refractivity contribution in [1.82, 2.24) is 15.2 Å². The van der Waals surface area contributed by atoms with Gasteiger partial charge in [-0.15, -0.1) is 0 Å². The maximum Gasteiger partial charge on any atom is 0.461 e. The van der Waals surface area contributed by atoms with E-state index in [9.17, 15) is 22.4 Å². The first-order valence-electron chi connectivity index (χ1n) is 11.5. The first-order chi connectivity index (χ1) is 17.7. The van der Waals surface area contributed by atoms with Crippen molar-refractivity contribution in [3.8, 4) is 5.75 Å². The molecule has 1 saturated heterocycles. The molecule has 11 heteroatoms. The fourth-order valence-electron chi connectivity index (χ4n) is 4.11. The molecule has 0 saturated carbocycles. The number of rotatable bonds is 8. The molecule has 0 radical (unpaired) electrons. The number of carbonyl (C=O) groups is 1. The van der Waals surface area contributed by atoms with Crippen LogP contribution in [0.25, 0.3) is 0 Å². The van der Waals surface area contributed by atoms with Crippen LogP contribution < -0.4 is 10.1 Å². The van der Waals surface area contributed by atoms with Crippen LogP contribution in [0.5, 0.6) is 5.75 Å². The van der Waals surface area contributed by atoms with Gasteiger partial charge in [-0.1, -0.05) is 54.1 Å². The number of hydrogen-bond acceptors (Lipinski definition) is 4. The van der Waals surface area contributed by atoms with Crippen LogP contribution in [0.2, 0.25) is 5.02 Å². The standard InChI is InChI=1S/C26H24ClF4N3O3/c27-20-9-10-22(32-17-20)25(16-18-5-2-1-3-6-18,33-24(35)34-11-13-36-14-12-34)19-7-4-8-21(15-19)37-26(30,31)23(28)29/h1-10,15,17,23H,11-14,16H2,(H,33,35). The summed E-state index contributed by atoms with van der Waals surface area (Å²) in [5, 5.41) is 3.40. The lowest BCUT2D eigenvalue weighted by molar-refractivity contribution is -0.253. The maximum absolute atomic E-state index is 13.7. The monoisotopic (exact) mass is 537 g/mol. The number of aromatic nitrogens is 1. The molecule has 3 aromatic rings. The van der Waals surface area contributed by atoms with Gasteiger partial charge in [0.25, 0.3) is 0 Å². The second kappa shape index (κ2) is 11.4. The van der Waals surface area contributed by atoms with Gasteiger partial charge in [0, 0.05) is 25.7 Å². The zero-order valence-corrected chi connectivity index (χ0v) is 20.3. The molecular formula is C26H24ClF4N3O3. The molecule has 0 aliphatic carbocycles. The van der Waals surface area contributed by atoms with Crippen LogP contribution in [0, 0.1) is 0 Å². The smallest absolute Gasteiger partial charge is 0.428 e. The van der Waals surface area contributed by atoms with Crippen molar-refractivity contribution >= 4 is 17.6 Å². The lowest BCUT2D eigenvalue weighted by atomic mass is 9.80. The first kappa shape index (κ1) is 26.7. The molecule has 6 nitrogen and oxygen atoms in total. The van der Waals surface area contributed by atoms with E-state index in [1.54, 1.807) is 23.1 Å². The van der Waals surface area contributed by atoms with Crippen LogP contribution in [-0.4, -0.2) is 54.8 Å². The summed E-state index contributed by atoms with van der Waals surface area (Å²) in [6, 6.07) is 17.3. The number of amides is 2. The summed E-state index contributed by atoms with van der Waals surface area (Å²) in [4.78, 5) is 19.5. The fraction of sp³-hybridized carbons (Fsp3) is 0.308. The van der Waals surface area contributed by atoms with E-state index in [4.69, 9.17) is 16.3 Å². The SMILES string of the molecule is O=C(NC(Cc1ccccc1)(c1cccc(OC(F)(F)C(F)F)c1)c1ccc(Cl)cn1)N1CCOCC1. The van der Waals surface area contributed by atoms with E-state index in [0.717, 1.165) is 11.6 Å². The summed E-state index contributed by atoms with van der Waals surface area (Å²) in [7, 11) is 0. The third-order valence-electron chi connectivity index (χ3n) is 5.93. The molecule has 4 rings (SSSR count). The van der Waals surface area contributed by atoms with Gasteiger partial charge in [-0.2, -0.15) is 17.6 Å². The Morgan fingerprint density at radius 2 is 1.81 bits per heavy atom. The summed E-state index contributed by atoms with van der Waals surface area (Å²) in [5.41, 5.74) is 0.0575. The molecule has 2 aromatic carbocycles. The number of morpholine rings is 1. The molecule has 2 heterocycles. The third-order valence-corrected chi connectivity index (χ3v) is 6.15. The van der Waals surface area contributed by atoms with E-state index >= 15 is 0 Å². The van der Waals surface area contributed by atoms with E-state index in [2.05, 4.69) is 15.0 Å². The van der Waals surface area contributed by atoms with Gasteiger partial charge in [-0.3, -0.25) is 4.98 Å². The zero-order chi connectivity index (χ0) is 26.5. The number of urea groups is 1. The zero-order valence-electron chi connectivity index (χ0n) is 19.6. The minimum Gasteiger partial charge on any atom is -0.428 e. The molecule has 1 aromatic heterocycles. The summed E-state index contributed by atoms with van der Waals surface area (Å²) in [5.74, 6) is -0.491. The highest BCUT2D eigenvalue weighted by Crippen LogP contribution is 2.36. The normalized spacial score (nSPS) is 15.8. The molecule has 37 heavy (non-hydrogen) atoms. The first-order valence-corrected chi connectivity index (χ1v) is 11.8. The fourth-order valence-corrected chi connectivity index (χ4v) is 4.22. The number of carbonyl (C=O) groups excluding carboxylic acids is 1. The largest absolute Gasteiger partial charge is 0.461 e. The van der Waals surface area contributed by atoms with E-state index in [1.165, 1.54) is 18.3 Å². The van der Waals surface area contributed by atoms with Crippen molar-refractivity contribution in [2.75, 3.05) is 26.3 Å². The van der Waals surface area contributed by atoms with Gasteiger partial charge in [0.05, 0.1) is 23.9 Å². The van der Waals surface area contributed by atoms with Gasteiger partial charge in [0.1, 0.15) is 11.3 Å². The number of ether oxygens (including phenoxy) is 2. The Hall–Kier alpha value is -3.37. The van der Waals surface area contributed by atoms with E-state index < -0.39 is 29.9 Å². The van der Waals surface area contributed by atoms with Gasteiger partial charge >= 0.3 is 18.6 Å². The van der Waals surface area contributed by atoms with E-state index in [1.807, 2.05) is 30.3 Å². The van der Waals surface area contributed by atoms with Gasteiger partial charge in [-0.05, 0) is 35.4 Å². The van der Waals surface area contributed by atoms with Gasteiger partial charge in [0.2, 0.25) is 0 Å². The van der Waals surface area contributed by atoms with Gasteiger partial charge in [-0.25, -0.2) is 4.79 Å². The van der Waals surface area contributed by atoms with Crippen molar-refractivity contribution in [3.05, 3.63) is 94.8 Å². The van der Waals surface area contributed by atoms with Crippen LogP contribution in [0.4, 0.5) is 22.4 Å². The molecule has 1 fully saturated rings. The Morgan fingerprint density at radius 1 is 1.08 bits per heavy atom. The average molecular weight is 538 g/mol. The lowest BCUT2D eigenvalue weighted by Gasteiger charge is -2.38. The Kier molecular flexibility index (Phi) is 8.19. The lowest BCUT2D eigenvalue weighted by Crippen LogP contribution is -2.55. The molecule has 0 bridgehead atoms. The van der Waals surface area contributed by atoms with Crippen molar-refractivity contribution in [2.45, 2.75) is 24.5 Å². The highest BCUT2D eigenvalue weighted by molar-refractivity contribution is 6.30. The van der Waals surface area contributed by atoms with Crippen molar-refractivity contribution in [1.29, 1.82) is 0 Å². The molecule has 196 valence electrons. The second-order valence-corrected chi connectivity index (χ2v) is 8.89. The number of benzene rings is 2. The van der Waals surface area contributed by atoms with Crippen LogP contribution >= 0.6 is 11.6 Å². The number of alkyl halides is 4. The number of nitrogens with zero attached hydrogens (tertiary/aromatic N) is 2. The average Bonchev–Trinajstić information content (AvgIpc) is 2.89. The van der Waals surface area contributed by atoms with E-state index in [0.29, 0.717) is 42.6 Å². The van der Waals surface area contributed by atoms with Crippen LogP contribution in [0.15, 0.2) is 72.9 Å². The second-order valence-electron chi connectivity index (χ2n) is 8.45. The number of hydrogen-bond donors (Lipinski definition) is 1. The Labute approximate surface area is 216 Å². The highest BCUT2D eigenvalue weighted by Gasteiger charge is 2.45. The predicted octanol–water partition coefficient (Wildman–Crippen LogP) is 5.50. The van der Waals surface area contributed by atoms with Crippen molar-refractivity contribution in [2.24, 2.45) is 0 Å². The quantitative estimate of drug-likeness (QED) is 0.385. The van der Waals surface area contributed by atoms with Crippen molar-refractivity contribution in [3.63, 3.8) is 0 Å². The summed E-state index contributed by atoms with van der Waals surface area (Å²) >= 11 is 6.08. The Morgan fingerprint density at radius 3 is 2.46 bits per heavy atom. The van der Waals surface area contributed by atoms with E-state index in [-0.39, 0.29) is 6.42 Å². The number of pyridine rings is 1. The highest BCUT2D eigenvalue weighted by atomic mass is 35.5. The molecular weight excluding hydrogens is 514 g/mol. The van der Waals surface area contributed by atoms with Gasteiger partial charge in [0.15, 0.2) is 0 Å². The molecule has 2 amide bonds. The third kappa shape index (κ3) is 6.31. The Balaban J connectivity index is 1.85. The van der Waals surface area contributed by atoms with Gasteiger partial charge < -0.3 is 19.7 Å². The summed E-state index contributed by atoms with van der Waals surface area (Å²) in [6.45, 7) is 1.44. The molecule has 1 aliphatic heterocycles. The minimum atomic E-state index is -4.70. The molecule has 1 aliphatic rings. The maximum atomic E-state index is 13.7. The van der Waals surface area contributed by atoms with Crippen LogP contribution in [-0.2, 0) is 16.7 Å². The number of nitrogens with one attached hydrogen (secondary N) is 1. The number of halogens is 5. The Bertz CT molecular complexity index is 1200. The molecule has 0 spiro atoms. The predicted molar refractivity (Wildman–Crippen MR) is 129 cm³/mol. The van der Waals surface area contributed by atoms with Crippen LogP contribution in [0.3, 0.4) is 0 Å². The minimum absolute atomic E-state index is 0.160. The summed E-state index contributed by atoms with van der Waals surface area (Å²) < 4.78 is 62.8. The molecule has 1 N–H and O–H groups in total. The summed E-state index contributed by atoms with van der Waals surface area (Å²) in [6.07, 6.45) is -7.16. The van der Waals surface area contributed by atoms with Crippen molar-refractivity contribution < 1.29 is 31.8 Å². The van der Waals surface area contributed by atoms with Crippen LogP contribution in [0.1, 0.15) is 16.8 Å².